The van der Waals surface area contributed by atoms with Gasteiger partial charge in [-0.2, -0.15) is 0 Å². The molecule has 0 atom stereocenters. The number of rotatable bonds is 4. The predicted molar refractivity (Wildman–Crippen MR) is 69.4 cm³/mol. The van der Waals surface area contributed by atoms with Crippen molar-refractivity contribution >= 4 is 17.4 Å². The molecule has 1 aromatic heterocycles. The molecule has 2 rings (SSSR count). The summed E-state index contributed by atoms with van der Waals surface area (Å²) < 4.78 is 0. The molecular formula is C12H11N3O2S. The lowest BCUT2D eigenvalue weighted by Crippen LogP contribution is -1.93. The van der Waals surface area contributed by atoms with Gasteiger partial charge in [-0.25, -0.2) is 9.97 Å². The van der Waals surface area contributed by atoms with E-state index in [2.05, 4.69) is 9.97 Å². The number of aryl methyl sites for hydroxylation is 1. The first-order valence-electron chi connectivity index (χ1n) is 5.30. The van der Waals surface area contributed by atoms with Gasteiger partial charge in [0.2, 0.25) is 0 Å². The van der Waals surface area contributed by atoms with Crippen molar-refractivity contribution in [2.45, 2.75) is 17.8 Å². The van der Waals surface area contributed by atoms with Gasteiger partial charge < -0.3 is 0 Å². The van der Waals surface area contributed by atoms with Crippen LogP contribution in [0.15, 0.2) is 41.8 Å². The van der Waals surface area contributed by atoms with Gasteiger partial charge in [-0.15, -0.1) is 0 Å². The van der Waals surface area contributed by atoms with Crippen LogP contribution in [0.3, 0.4) is 0 Å². The van der Waals surface area contributed by atoms with Gasteiger partial charge in [-0.1, -0.05) is 36.0 Å². The van der Waals surface area contributed by atoms with Gasteiger partial charge in [-0.3, -0.25) is 10.1 Å². The van der Waals surface area contributed by atoms with Crippen LogP contribution < -0.4 is 0 Å². The van der Waals surface area contributed by atoms with Crippen LogP contribution in [0.5, 0.6) is 0 Å². The molecule has 0 amide bonds. The van der Waals surface area contributed by atoms with Gasteiger partial charge in [0.25, 0.3) is 0 Å². The molecule has 0 aliphatic rings. The van der Waals surface area contributed by atoms with Gasteiger partial charge >= 0.3 is 5.69 Å². The third-order valence-electron chi connectivity index (χ3n) is 2.44. The van der Waals surface area contributed by atoms with E-state index in [0.29, 0.717) is 5.16 Å². The normalized spacial score (nSPS) is 10.3. The smallest absolute Gasteiger partial charge is 0.258 e. The highest BCUT2D eigenvalue weighted by atomic mass is 32.2. The zero-order valence-corrected chi connectivity index (χ0v) is 10.6. The predicted octanol–water partition coefficient (Wildman–Crippen LogP) is 2.99. The van der Waals surface area contributed by atoms with E-state index < -0.39 is 4.92 Å². The summed E-state index contributed by atoms with van der Waals surface area (Å²) in [5.41, 5.74) is 2.34. The molecule has 0 aliphatic carbocycles. The highest BCUT2D eigenvalue weighted by Crippen LogP contribution is 2.21. The van der Waals surface area contributed by atoms with Crippen LogP contribution >= 0.6 is 11.8 Å². The molecule has 0 saturated heterocycles. The average Bonchev–Trinajstić information content (AvgIpc) is 2.38. The van der Waals surface area contributed by atoms with E-state index in [0.717, 1.165) is 5.75 Å². The summed E-state index contributed by atoms with van der Waals surface area (Å²) in [6, 6.07) is 8.08. The van der Waals surface area contributed by atoms with Crippen LogP contribution in [-0.2, 0) is 5.75 Å². The van der Waals surface area contributed by atoms with Crippen LogP contribution in [-0.4, -0.2) is 14.9 Å². The topological polar surface area (TPSA) is 68.9 Å². The maximum Gasteiger partial charge on any atom is 0.305 e. The Hall–Kier alpha value is -1.95. The van der Waals surface area contributed by atoms with Gasteiger partial charge in [0.05, 0.1) is 4.92 Å². The fourth-order valence-corrected chi connectivity index (χ4v) is 2.26. The minimum absolute atomic E-state index is 0.0877. The highest BCUT2D eigenvalue weighted by Gasteiger charge is 2.07. The minimum atomic E-state index is -0.504. The average molecular weight is 261 g/mol. The molecule has 0 fully saturated rings. The van der Waals surface area contributed by atoms with Crippen molar-refractivity contribution in [2.75, 3.05) is 0 Å². The first-order valence-corrected chi connectivity index (χ1v) is 6.29. The Kier molecular flexibility index (Phi) is 3.88. The fourth-order valence-electron chi connectivity index (χ4n) is 1.39. The van der Waals surface area contributed by atoms with E-state index in [-0.39, 0.29) is 5.69 Å². The Morgan fingerprint density at radius 3 is 2.56 bits per heavy atom. The number of hydrogen-bond acceptors (Lipinski definition) is 5. The zero-order chi connectivity index (χ0) is 13.0. The summed E-state index contributed by atoms with van der Waals surface area (Å²) in [5, 5.41) is 11.0. The van der Waals surface area contributed by atoms with Crippen molar-refractivity contribution in [3.05, 3.63) is 57.9 Å². The van der Waals surface area contributed by atoms with E-state index >= 15 is 0 Å². The summed E-state index contributed by atoms with van der Waals surface area (Å²) >= 11 is 1.46. The second-order valence-corrected chi connectivity index (χ2v) is 4.64. The fraction of sp³-hybridized carbons (Fsp3) is 0.167. The number of benzene rings is 1. The summed E-state index contributed by atoms with van der Waals surface area (Å²) in [7, 11) is 0. The van der Waals surface area contributed by atoms with Crippen LogP contribution in [0.1, 0.15) is 11.1 Å². The van der Waals surface area contributed by atoms with Crippen molar-refractivity contribution in [3.63, 3.8) is 0 Å². The molecule has 5 nitrogen and oxygen atoms in total. The highest BCUT2D eigenvalue weighted by molar-refractivity contribution is 7.98. The summed E-state index contributed by atoms with van der Waals surface area (Å²) in [5.74, 6) is 0.754. The number of thioether (sulfide) groups is 1. The number of hydrogen-bond donors (Lipinski definition) is 0. The van der Waals surface area contributed by atoms with E-state index in [4.69, 9.17) is 0 Å². The van der Waals surface area contributed by atoms with Crippen LogP contribution in [0.4, 0.5) is 5.69 Å². The number of nitro groups is 1. The molecule has 0 saturated carbocycles. The second kappa shape index (κ2) is 5.59. The van der Waals surface area contributed by atoms with Crippen molar-refractivity contribution in [2.24, 2.45) is 0 Å². The monoisotopic (exact) mass is 261 g/mol. The minimum Gasteiger partial charge on any atom is -0.258 e. The molecule has 6 heteroatoms. The molecule has 0 N–H and O–H groups in total. The molecule has 1 aromatic carbocycles. The molecule has 0 unspecified atom stereocenters. The maximum absolute atomic E-state index is 10.5. The van der Waals surface area contributed by atoms with Gasteiger partial charge in [-0.05, 0) is 18.1 Å². The number of nitrogens with zero attached hydrogens (tertiary/aromatic N) is 3. The lowest BCUT2D eigenvalue weighted by molar-refractivity contribution is -0.385. The summed E-state index contributed by atoms with van der Waals surface area (Å²) in [6.07, 6.45) is 2.46. The third kappa shape index (κ3) is 3.04. The van der Waals surface area contributed by atoms with Crippen molar-refractivity contribution in [1.29, 1.82) is 0 Å². The standard InChI is InChI=1S/C12H11N3O2S/c1-9-4-2-3-5-10(9)8-18-12-13-6-11(7-14-12)15(16)17/h2-7H,8H2,1H3. The summed E-state index contributed by atoms with van der Waals surface area (Å²) in [4.78, 5) is 17.9. The lowest BCUT2D eigenvalue weighted by Gasteiger charge is -2.03. The third-order valence-corrected chi connectivity index (χ3v) is 3.37. The zero-order valence-electron chi connectivity index (χ0n) is 9.74. The van der Waals surface area contributed by atoms with Crippen LogP contribution in [0.25, 0.3) is 0 Å². The molecule has 0 radical (unpaired) electrons. The Labute approximate surface area is 108 Å². The molecular weight excluding hydrogens is 250 g/mol. The van der Waals surface area contributed by atoms with Crippen LogP contribution in [0.2, 0.25) is 0 Å². The van der Waals surface area contributed by atoms with E-state index in [1.807, 2.05) is 31.2 Å². The molecule has 0 aliphatic heterocycles. The Morgan fingerprint density at radius 1 is 1.28 bits per heavy atom. The first-order chi connectivity index (χ1) is 8.66. The first kappa shape index (κ1) is 12.5. The van der Waals surface area contributed by atoms with Crippen molar-refractivity contribution in [1.82, 2.24) is 9.97 Å². The number of aromatic nitrogens is 2. The van der Waals surface area contributed by atoms with Crippen molar-refractivity contribution in [3.8, 4) is 0 Å². The SMILES string of the molecule is Cc1ccccc1CSc1ncc([N+](=O)[O-])cn1. The molecule has 92 valence electrons. The molecule has 18 heavy (non-hydrogen) atoms. The molecule has 2 aromatic rings. The molecule has 0 spiro atoms. The second-order valence-electron chi connectivity index (χ2n) is 3.70. The largest absolute Gasteiger partial charge is 0.305 e. The van der Waals surface area contributed by atoms with Crippen LogP contribution in [0, 0.1) is 17.0 Å². The molecule has 1 heterocycles. The van der Waals surface area contributed by atoms with Gasteiger partial charge in [0.1, 0.15) is 12.4 Å². The Morgan fingerprint density at radius 2 is 1.94 bits per heavy atom. The maximum atomic E-state index is 10.5. The quantitative estimate of drug-likeness (QED) is 0.366. The Balaban J connectivity index is 2.02. The van der Waals surface area contributed by atoms with E-state index in [9.17, 15) is 10.1 Å². The van der Waals surface area contributed by atoms with E-state index in [1.54, 1.807) is 0 Å². The van der Waals surface area contributed by atoms with Crippen molar-refractivity contribution < 1.29 is 4.92 Å². The van der Waals surface area contributed by atoms with Gasteiger partial charge in [0.15, 0.2) is 5.16 Å². The summed E-state index contributed by atoms with van der Waals surface area (Å²) in [6.45, 7) is 2.05. The molecule has 0 bridgehead atoms. The Bertz CT molecular complexity index is 558. The van der Waals surface area contributed by atoms with Gasteiger partial charge in [0, 0.05) is 5.75 Å². The van der Waals surface area contributed by atoms with E-state index in [1.165, 1.54) is 35.3 Å². The lowest BCUT2D eigenvalue weighted by atomic mass is 10.1.